The van der Waals surface area contributed by atoms with Gasteiger partial charge in [0.05, 0.1) is 17.6 Å². The predicted molar refractivity (Wildman–Crippen MR) is 69.2 cm³/mol. The van der Waals surface area contributed by atoms with Gasteiger partial charge in [-0.25, -0.2) is 0 Å². The lowest BCUT2D eigenvalue weighted by molar-refractivity contribution is -0.159. The van der Waals surface area contributed by atoms with Gasteiger partial charge in [-0.05, 0) is 32.1 Å². The summed E-state index contributed by atoms with van der Waals surface area (Å²) in [5, 5.41) is 10.4. The smallest absolute Gasteiger partial charge is 0.231 e. The lowest BCUT2D eigenvalue weighted by Gasteiger charge is -2.46. The van der Waals surface area contributed by atoms with Gasteiger partial charge in [0.2, 0.25) is 5.91 Å². The molecular formula is C14H25NO3. The molecule has 2 aliphatic rings. The molecule has 18 heavy (non-hydrogen) atoms. The highest BCUT2D eigenvalue weighted by Crippen LogP contribution is 2.43. The third-order valence-corrected chi connectivity index (χ3v) is 4.69. The fourth-order valence-corrected chi connectivity index (χ4v) is 3.21. The minimum absolute atomic E-state index is 0.196. The molecule has 0 radical (unpaired) electrons. The number of ether oxygens (including phenoxy) is 1. The van der Waals surface area contributed by atoms with Crippen LogP contribution < -0.4 is 0 Å². The molecule has 0 aromatic rings. The van der Waals surface area contributed by atoms with Gasteiger partial charge in [-0.1, -0.05) is 13.3 Å². The van der Waals surface area contributed by atoms with Crippen molar-refractivity contribution in [1.29, 1.82) is 0 Å². The minimum atomic E-state index is -0.675. The largest absolute Gasteiger partial charge is 0.388 e. The van der Waals surface area contributed by atoms with E-state index in [-0.39, 0.29) is 11.3 Å². The summed E-state index contributed by atoms with van der Waals surface area (Å²) in [7, 11) is 1.66. The maximum atomic E-state index is 12.6. The number of hydrogen-bond donors (Lipinski definition) is 1. The summed E-state index contributed by atoms with van der Waals surface area (Å²) in [4.78, 5) is 14.5. The van der Waals surface area contributed by atoms with Crippen molar-refractivity contribution < 1.29 is 14.6 Å². The number of amides is 1. The first-order valence-corrected chi connectivity index (χ1v) is 7.06. The summed E-state index contributed by atoms with van der Waals surface area (Å²) in [6.45, 7) is 3.79. The molecule has 0 bridgehead atoms. The van der Waals surface area contributed by atoms with E-state index in [0.717, 1.165) is 38.6 Å². The van der Waals surface area contributed by atoms with Crippen molar-refractivity contribution in [2.24, 2.45) is 5.41 Å². The van der Waals surface area contributed by atoms with Crippen LogP contribution in [0.15, 0.2) is 0 Å². The molecule has 4 heteroatoms. The molecule has 0 spiro atoms. The van der Waals surface area contributed by atoms with Crippen LogP contribution in [0.3, 0.4) is 0 Å². The average Bonchev–Trinajstić information content (AvgIpc) is 2.33. The van der Waals surface area contributed by atoms with Gasteiger partial charge in [-0.15, -0.1) is 0 Å². The Morgan fingerprint density at radius 3 is 2.56 bits per heavy atom. The van der Waals surface area contributed by atoms with Crippen molar-refractivity contribution in [3.63, 3.8) is 0 Å². The van der Waals surface area contributed by atoms with Crippen molar-refractivity contribution in [2.75, 3.05) is 26.8 Å². The summed E-state index contributed by atoms with van der Waals surface area (Å²) in [5.74, 6) is 0.196. The Labute approximate surface area is 109 Å². The van der Waals surface area contributed by atoms with Gasteiger partial charge in [0, 0.05) is 20.2 Å². The quantitative estimate of drug-likeness (QED) is 0.829. The normalized spacial score (nSPS) is 30.9. The maximum absolute atomic E-state index is 12.6. The molecule has 1 N–H and O–H groups in total. The highest BCUT2D eigenvalue weighted by Gasteiger charge is 2.48. The highest BCUT2D eigenvalue weighted by atomic mass is 16.5. The summed E-state index contributed by atoms with van der Waals surface area (Å²) >= 11 is 0. The van der Waals surface area contributed by atoms with Crippen LogP contribution in [-0.2, 0) is 9.53 Å². The zero-order valence-corrected chi connectivity index (χ0v) is 11.6. The predicted octanol–water partition coefficient (Wildman–Crippen LogP) is 1.57. The van der Waals surface area contributed by atoms with Crippen LogP contribution in [0.5, 0.6) is 0 Å². The Morgan fingerprint density at radius 1 is 1.33 bits per heavy atom. The molecule has 2 rings (SSSR count). The molecule has 1 amide bonds. The molecule has 4 nitrogen and oxygen atoms in total. The molecule has 1 heterocycles. The maximum Gasteiger partial charge on any atom is 0.231 e. The first-order chi connectivity index (χ1) is 8.55. The van der Waals surface area contributed by atoms with Crippen LogP contribution >= 0.6 is 0 Å². The molecule has 1 aliphatic heterocycles. The lowest BCUT2D eigenvalue weighted by atomic mass is 9.68. The van der Waals surface area contributed by atoms with E-state index in [1.54, 1.807) is 7.11 Å². The Bertz CT molecular complexity index is 314. The second-order valence-electron chi connectivity index (χ2n) is 5.98. The molecule has 1 saturated heterocycles. The van der Waals surface area contributed by atoms with Gasteiger partial charge in [0.25, 0.3) is 0 Å². The molecule has 1 atom stereocenters. The summed E-state index contributed by atoms with van der Waals surface area (Å²) < 4.78 is 5.23. The number of carbonyl (C=O) groups excluding carboxylic acids is 1. The zero-order chi connectivity index (χ0) is 13.2. The number of aliphatic hydroxyl groups is 1. The van der Waals surface area contributed by atoms with Crippen molar-refractivity contribution >= 4 is 5.91 Å². The van der Waals surface area contributed by atoms with Crippen LogP contribution in [-0.4, -0.2) is 48.3 Å². The standard InChI is InChI=1S/C14H25NO3/c1-3-14(17)8-5-9-15(10-14)12(16)13(11-18-2)6-4-7-13/h17H,3-11H2,1-2H3/t14-/m1/s1. The first-order valence-electron chi connectivity index (χ1n) is 7.06. The number of β-amino-alcohol motifs (C(OH)–C–C–N with tert-alkyl or cyclic N) is 1. The SMILES string of the molecule is CC[C@@]1(O)CCCN(C(=O)C2(COC)CCC2)C1. The molecule has 0 aromatic heterocycles. The van der Waals surface area contributed by atoms with Crippen LogP contribution in [0.1, 0.15) is 45.4 Å². The molecule has 0 aromatic carbocycles. The highest BCUT2D eigenvalue weighted by molar-refractivity contribution is 5.84. The lowest BCUT2D eigenvalue weighted by Crippen LogP contribution is -2.57. The monoisotopic (exact) mass is 255 g/mol. The van der Waals surface area contributed by atoms with Crippen molar-refractivity contribution in [3.8, 4) is 0 Å². The van der Waals surface area contributed by atoms with Gasteiger partial charge >= 0.3 is 0 Å². The molecule has 1 aliphatic carbocycles. The number of nitrogens with zero attached hydrogens (tertiary/aromatic N) is 1. The Balaban J connectivity index is 2.04. The van der Waals surface area contributed by atoms with E-state index < -0.39 is 5.60 Å². The average molecular weight is 255 g/mol. The first kappa shape index (κ1) is 13.8. The Hall–Kier alpha value is -0.610. The second-order valence-corrected chi connectivity index (χ2v) is 5.98. The van der Waals surface area contributed by atoms with Gasteiger partial charge in [-0.3, -0.25) is 4.79 Å². The fourth-order valence-electron chi connectivity index (χ4n) is 3.21. The minimum Gasteiger partial charge on any atom is -0.388 e. The van der Waals surface area contributed by atoms with E-state index in [2.05, 4.69) is 0 Å². The Kier molecular flexibility index (Phi) is 3.97. The van der Waals surface area contributed by atoms with E-state index >= 15 is 0 Å². The van der Waals surface area contributed by atoms with E-state index in [9.17, 15) is 9.90 Å². The number of methoxy groups -OCH3 is 1. The molecule has 2 fully saturated rings. The van der Waals surface area contributed by atoms with E-state index in [1.807, 2.05) is 11.8 Å². The number of likely N-dealkylation sites (tertiary alicyclic amines) is 1. The molecular weight excluding hydrogens is 230 g/mol. The Morgan fingerprint density at radius 2 is 2.06 bits per heavy atom. The van der Waals surface area contributed by atoms with Gasteiger partial charge in [0.15, 0.2) is 0 Å². The van der Waals surface area contributed by atoms with E-state index in [1.165, 1.54) is 0 Å². The number of rotatable bonds is 4. The summed E-state index contributed by atoms with van der Waals surface area (Å²) in [6, 6.07) is 0. The van der Waals surface area contributed by atoms with Crippen molar-refractivity contribution in [2.45, 2.75) is 51.0 Å². The van der Waals surface area contributed by atoms with Crippen LogP contribution in [0.4, 0.5) is 0 Å². The molecule has 1 saturated carbocycles. The van der Waals surface area contributed by atoms with Crippen LogP contribution in [0.2, 0.25) is 0 Å². The number of carbonyl (C=O) groups is 1. The van der Waals surface area contributed by atoms with E-state index in [4.69, 9.17) is 4.74 Å². The van der Waals surface area contributed by atoms with Crippen LogP contribution in [0, 0.1) is 5.41 Å². The number of hydrogen-bond acceptors (Lipinski definition) is 3. The van der Waals surface area contributed by atoms with Crippen molar-refractivity contribution in [3.05, 3.63) is 0 Å². The third kappa shape index (κ3) is 2.41. The molecule has 0 unspecified atom stereocenters. The van der Waals surface area contributed by atoms with Gasteiger partial charge in [-0.2, -0.15) is 0 Å². The topological polar surface area (TPSA) is 49.8 Å². The third-order valence-electron chi connectivity index (χ3n) is 4.69. The van der Waals surface area contributed by atoms with Crippen molar-refractivity contribution in [1.82, 2.24) is 4.90 Å². The zero-order valence-electron chi connectivity index (χ0n) is 11.6. The fraction of sp³-hybridized carbons (Fsp3) is 0.929. The molecule has 104 valence electrons. The van der Waals surface area contributed by atoms with Gasteiger partial charge < -0.3 is 14.7 Å². The summed E-state index contributed by atoms with van der Waals surface area (Å²) in [5.41, 5.74) is -0.966. The van der Waals surface area contributed by atoms with Gasteiger partial charge in [0.1, 0.15) is 0 Å². The summed E-state index contributed by atoms with van der Waals surface area (Å²) in [6.07, 6.45) is 5.40. The van der Waals surface area contributed by atoms with Crippen LogP contribution in [0.25, 0.3) is 0 Å². The van der Waals surface area contributed by atoms with E-state index in [0.29, 0.717) is 19.6 Å². The second kappa shape index (κ2) is 5.17. The number of piperidine rings is 1.